The van der Waals surface area contributed by atoms with Crippen molar-refractivity contribution in [3.63, 3.8) is 0 Å². The summed E-state index contributed by atoms with van der Waals surface area (Å²) in [6.07, 6.45) is -5.84. The summed E-state index contributed by atoms with van der Waals surface area (Å²) in [5.41, 5.74) is 4.10. The minimum atomic E-state index is -4.43. The first kappa shape index (κ1) is 14.5. The molecule has 1 unspecified atom stereocenters. The highest BCUT2D eigenvalue weighted by molar-refractivity contribution is 5.78. The summed E-state index contributed by atoms with van der Waals surface area (Å²) in [5, 5.41) is 11.6. The van der Waals surface area contributed by atoms with Crippen molar-refractivity contribution in [2.45, 2.75) is 18.8 Å². The van der Waals surface area contributed by atoms with E-state index in [1.54, 1.807) is 0 Å². The van der Waals surface area contributed by atoms with E-state index in [0.717, 1.165) is 6.07 Å². The molecule has 18 heavy (non-hydrogen) atoms. The van der Waals surface area contributed by atoms with Crippen molar-refractivity contribution in [2.24, 2.45) is 5.73 Å². The van der Waals surface area contributed by atoms with Gasteiger partial charge in [-0.2, -0.15) is 13.2 Å². The van der Waals surface area contributed by atoms with Gasteiger partial charge in [0.15, 0.2) is 0 Å². The third kappa shape index (κ3) is 4.01. The Bertz CT molecular complexity index is 421. The first-order valence-corrected chi connectivity index (χ1v) is 5.15. The summed E-state index contributed by atoms with van der Waals surface area (Å²) in [6.45, 7) is -0.304. The summed E-state index contributed by atoms with van der Waals surface area (Å²) in [7, 11) is 0. The lowest BCUT2D eigenvalue weighted by Crippen LogP contribution is -2.37. The second-order valence-electron chi connectivity index (χ2n) is 3.70. The molecular formula is C11H13F3N2O2. The molecule has 0 radical (unpaired) electrons. The van der Waals surface area contributed by atoms with Crippen LogP contribution in [0, 0.1) is 0 Å². The summed E-state index contributed by atoms with van der Waals surface area (Å²) in [4.78, 5) is 10.5. The topological polar surface area (TPSA) is 75.4 Å². The van der Waals surface area contributed by atoms with Gasteiger partial charge in [0.25, 0.3) is 0 Å². The van der Waals surface area contributed by atoms with Crippen LogP contribution in [0.1, 0.15) is 11.1 Å². The molecule has 0 aliphatic heterocycles. The van der Waals surface area contributed by atoms with Gasteiger partial charge in [-0.3, -0.25) is 4.79 Å². The van der Waals surface area contributed by atoms with Gasteiger partial charge in [0.2, 0.25) is 5.91 Å². The summed E-state index contributed by atoms with van der Waals surface area (Å²) >= 11 is 0. The first-order valence-electron chi connectivity index (χ1n) is 5.15. The van der Waals surface area contributed by atoms with Crippen LogP contribution >= 0.6 is 0 Å². The number of carbonyl (C=O) groups is 1. The number of nitrogens with one attached hydrogen (secondary N) is 1. The van der Waals surface area contributed by atoms with Crippen molar-refractivity contribution in [2.75, 3.05) is 6.54 Å². The predicted octanol–water partition coefficient (Wildman–Crippen LogP) is 0.641. The van der Waals surface area contributed by atoms with E-state index in [1.807, 2.05) is 0 Å². The van der Waals surface area contributed by atoms with Crippen LogP contribution in [0.5, 0.6) is 0 Å². The molecule has 0 fully saturated rings. The van der Waals surface area contributed by atoms with Crippen molar-refractivity contribution in [1.82, 2.24) is 5.32 Å². The Morgan fingerprint density at radius 3 is 2.56 bits per heavy atom. The van der Waals surface area contributed by atoms with Crippen molar-refractivity contribution in [1.29, 1.82) is 0 Å². The second kappa shape index (κ2) is 5.83. The van der Waals surface area contributed by atoms with Crippen molar-refractivity contribution in [3.8, 4) is 0 Å². The molecule has 0 saturated heterocycles. The lowest BCUT2D eigenvalue weighted by atomic mass is 10.1. The number of nitrogens with two attached hydrogens (primary N) is 1. The molecule has 0 heterocycles. The van der Waals surface area contributed by atoms with Crippen molar-refractivity contribution in [3.05, 3.63) is 35.4 Å². The monoisotopic (exact) mass is 262 g/mol. The third-order valence-corrected chi connectivity index (χ3v) is 2.30. The van der Waals surface area contributed by atoms with E-state index >= 15 is 0 Å². The SMILES string of the molecule is NC(=O)C(O)CNCc1ccccc1C(F)(F)F. The lowest BCUT2D eigenvalue weighted by Gasteiger charge is -2.14. The van der Waals surface area contributed by atoms with Gasteiger partial charge in [-0.05, 0) is 11.6 Å². The standard InChI is InChI=1S/C11H13F3N2O2/c12-11(13,14)8-4-2-1-3-7(8)5-16-6-9(17)10(15)18/h1-4,9,16-17H,5-6H2,(H2,15,18). The lowest BCUT2D eigenvalue weighted by molar-refractivity contribution is -0.138. The van der Waals surface area contributed by atoms with E-state index in [4.69, 9.17) is 10.8 Å². The van der Waals surface area contributed by atoms with E-state index in [1.165, 1.54) is 18.2 Å². The number of carbonyl (C=O) groups excluding carboxylic acids is 1. The minimum absolute atomic E-state index is 0.0432. The van der Waals surface area contributed by atoms with Gasteiger partial charge in [0, 0.05) is 13.1 Å². The number of halogens is 3. The van der Waals surface area contributed by atoms with Crippen molar-refractivity contribution < 1.29 is 23.1 Å². The summed E-state index contributed by atoms with van der Waals surface area (Å²) < 4.78 is 37.8. The number of hydrogen-bond acceptors (Lipinski definition) is 3. The maximum atomic E-state index is 12.6. The fourth-order valence-electron chi connectivity index (χ4n) is 1.40. The number of amides is 1. The highest BCUT2D eigenvalue weighted by atomic mass is 19.4. The molecular weight excluding hydrogens is 249 g/mol. The molecule has 0 aliphatic carbocycles. The normalized spacial score (nSPS) is 13.3. The molecule has 7 heteroatoms. The smallest absolute Gasteiger partial charge is 0.382 e. The predicted molar refractivity (Wildman–Crippen MR) is 58.4 cm³/mol. The summed E-state index contributed by atoms with van der Waals surface area (Å²) in [5.74, 6) is -0.924. The molecule has 1 rings (SSSR count). The Kier molecular flexibility index (Phi) is 4.69. The van der Waals surface area contributed by atoms with Crippen LogP contribution in [0.15, 0.2) is 24.3 Å². The van der Waals surface area contributed by atoms with E-state index in [0.29, 0.717) is 0 Å². The Labute approximate surface area is 102 Å². The molecule has 1 aromatic carbocycles. The highest BCUT2D eigenvalue weighted by Crippen LogP contribution is 2.31. The van der Waals surface area contributed by atoms with Gasteiger partial charge in [0.1, 0.15) is 6.10 Å². The maximum absolute atomic E-state index is 12.6. The maximum Gasteiger partial charge on any atom is 0.416 e. The number of rotatable bonds is 5. The average molecular weight is 262 g/mol. The largest absolute Gasteiger partial charge is 0.416 e. The second-order valence-corrected chi connectivity index (χ2v) is 3.70. The molecule has 4 N–H and O–H groups in total. The zero-order valence-corrected chi connectivity index (χ0v) is 9.37. The number of alkyl halides is 3. The van der Waals surface area contributed by atoms with E-state index < -0.39 is 23.8 Å². The molecule has 0 aliphatic rings. The summed E-state index contributed by atoms with van der Waals surface area (Å²) in [6, 6.07) is 5.08. The Balaban J connectivity index is 2.66. The fraction of sp³-hybridized carbons (Fsp3) is 0.364. The molecule has 1 amide bonds. The van der Waals surface area contributed by atoms with Crippen LogP contribution in [0.3, 0.4) is 0 Å². The Morgan fingerprint density at radius 1 is 1.39 bits per heavy atom. The van der Waals surface area contributed by atoms with Gasteiger partial charge < -0.3 is 16.2 Å². The van der Waals surface area contributed by atoms with Crippen LogP contribution < -0.4 is 11.1 Å². The Morgan fingerprint density at radius 2 is 2.00 bits per heavy atom. The van der Waals surface area contributed by atoms with E-state index in [2.05, 4.69) is 5.32 Å². The fourth-order valence-corrected chi connectivity index (χ4v) is 1.40. The van der Waals surface area contributed by atoms with E-state index in [9.17, 15) is 18.0 Å². The molecule has 0 saturated carbocycles. The van der Waals surface area contributed by atoms with Crippen LogP contribution in [0.25, 0.3) is 0 Å². The molecule has 1 atom stereocenters. The molecule has 0 spiro atoms. The quantitative estimate of drug-likeness (QED) is 0.729. The molecule has 0 aromatic heterocycles. The number of benzene rings is 1. The zero-order chi connectivity index (χ0) is 13.8. The molecule has 100 valence electrons. The van der Waals surface area contributed by atoms with Gasteiger partial charge in [-0.15, -0.1) is 0 Å². The van der Waals surface area contributed by atoms with Crippen molar-refractivity contribution >= 4 is 5.91 Å². The van der Waals surface area contributed by atoms with Crippen LogP contribution in [-0.2, 0) is 17.5 Å². The molecule has 4 nitrogen and oxygen atoms in total. The molecule has 1 aromatic rings. The van der Waals surface area contributed by atoms with Crippen LogP contribution in [-0.4, -0.2) is 23.7 Å². The zero-order valence-electron chi connectivity index (χ0n) is 9.37. The number of aliphatic hydroxyl groups is 1. The Hall–Kier alpha value is -1.60. The number of aliphatic hydroxyl groups excluding tert-OH is 1. The van der Waals surface area contributed by atoms with E-state index in [-0.39, 0.29) is 18.7 Å². The first-order chi connectivity index (χ1) is 8.32. The minimum Gasteiger partial charge on any atom is -0.382 e. The highest BCUT2D eigenvalue weighted by Gasteiger charge is 2.32. The van der Waals surface area contributed by atoms with Gasteiger partial charge in [-0.1, -0.05) is 18.2 Å². The van der Waals surface area contributed by atoms with Crippen LogP contribution in [0.2, 0.25) is 0 Å². The number of primary amides is 1. The van der Waals surface area contributed by atoms with Gasteiger partial charge in [0.05, 0.1) is 5.56 Å². The van der Waals surface area contributed by atoms with Gasteiger partial charge in [-0.25, -0.2) is 0 Å². The molecule has 0 bridgehead atoms. The third-order valence-electron chi connectivity index (χ3n) is 2.30. The number of hydrogen-bond donors (Lipinski definition) is 3. The van der Waals surface area contributed by atoms with Crippen LogP contribution in [0.4, 0.5) is 13.2 Å². The van der Waals surface area contributed by atoms with Gasteiger partial charge >= 0.3 is 6.18 Å². The average Bonchev–Trinajstić information content (AvgIpc) is 2.28.